The molecule has 3 fully saturated rings. The summed E-state index contributed by atoms with van der Waals surface area (Å²) < 4.78 is 16.6. The smallest absolute Gasteiger partial charge is 0.123 e. The van der Waals surface area contributed by atoms with Crippen LogP contribution in [0.2, 0.25) is 0 Å². The standard InChI is InChI=1S/C10H17NO3/c1-3-12-4-2-10(1)11-5-9(8-14-10)6-13-7-9/h11H,1-8H2. The van der Waals surface area contributed by atoms with E-state index in [1.165, 1.54) is 0 Å². The van der Waals surface area contributed by atoms with Crippen LogP contribution in [0.3, 0.4) is 0 Å². The van der Waals surface area contributed by atoms with Crippen molar-refractivity contribution in [3.63, 3.8) is 0 Å². The van der Waals surface area contributed by atoms with Gasteiger partial charge in [-0.15, -0.1) is 0 Å². The summed E-state index contributed by atoms with van der Waals surface area (Å²) in [6.07, 6.45) is 1.95. The third-order valence-electron chi connectivity index (χ3n) is 3.56. The molecule has 0 bridgehead atoms. The van der Waals surface area contributed by atoms with Crippen molar-refractivity contribution in [3.8, 4) is 0 Å². The van der Waals surface area contributed by atoms with Gasteiger partial charge in [-0.2, -0.15) is 0 Å². The lowest BCUT2D eigenvalue weighted by Crippen LogP contribution is -2.66. The molecule has 1 N–H and O–H groups in total. The fourth-order valence-electron chi connectivity index (χ4n) is 2.34. The van der Waals surface area contributed by atoms with Gasteiger partial charge in [0, 0.05) is 19.4 Å². The number of ether oxygens (including phenoxy) is 3. The lowest BCUT2D eigenvalue weighted by molar-refractivity contribution is -0.238. The highest BCUT2D eigenvalue weighted by Gasteiger charge is 2.48. The molecule has 4 heteroatoms. The number of hydrogen-bond acceptors (Lipinski definition) is 4. The van der Waals surface area contributed by atoms with Gasteiger partial charge >= 0.3 is 0 Å². The Bertz CT molecular complexity index is 209. The highest BCUT2D eigenvalue weighted by atomic mass is 16.5. The molecule has 80 valence electrons. The van der Waals surface area contributed by atoms with Gasteiger partial charge in [-0.05, 0) is 0 Å². The Balaban J connectivity index is 1.63. The van der Waals surface area contributed by atoms with Gasteiger partial charge in [-0.1, -0.05) is 0 Å². The summed E-state index contributed by atoms with van der Waals surface area (Å²) in [5, 5.41) is 3.54. The second kappa shape index (κ2) is 3.17. The summed E-state index contributed by atoms with van der Waals surface area (Å²) in [5.74, 6) is 0. The fraction of sp³-hybridized carbons (Fsp3) is 1.00. The van der Waals surface area contributed by atoms with Gasteiger partial charge in [0.15, 0.2) is 0 Å². The number of nitrogens with one attached hydrogen (secondary N) is 1. The van der Waals surface area contributed by atoms with E-state index in [9.17, 15) is 0 Å². The van der Waals surface area contributed by atoms with E-state index in [2.05, 4.69) is 5.32 Å². The zero-order valence-corrected chi connectivity index (χ0v) is 8.38. The first-order chi connectivity index (χ1) is 6.83. The lowest BCUT2D eigenvalue weighted by Gasteiger charge is -2.51. The summed E-state index contributed by atoms with van der Waals surface area (Å²) >= 11 is 0. The van der Waals surface area contributed by atoms with Crippen molar-refractivity contribution in [3.05, 3.63) is 0 Å². The quantitative estimate of drug-likeness (QED) is 0.602. The topological polar surface area (TPSA) is 39.7 Å². The molecule has 0 aromatic heterocycles. The molecule has 3 rings (SSSR count). The maximum atomic E-state index is 5.99. The van der Waals surface area contributed by atoms with Gasteiger partial charge in [0.2, 0.25) is 0 Å². The molecule has 4 nitrogen and oxygen atoms in total. The van der Waals surface area contributed by atoms with Gasteiger partial charge in [0.05, 0.1) is 38.4 Å². The Hall–Kier alpha value is -0.160. The second-order valence-electron chi connectivity index (χ2n) is 4.74. The Kier molecular flexibility index (Phi) is 2.06. The van der Waals surface area contributed by atoms with E-state index in [1.54, 1.807) is 0 Å². The summed E-state index contributed by atoms with van der Waals surface area (Å²) in [4.78, 5) is 0. The summed E-state index contributed by atoms with van der Waals surface area (Å²) in [6, 6.07) is 0. The Morgan fingerprint density at radius 2 is 1.71 bits per heavy atom. The molecule has 14 heavy (non-hydrogen) atoms. The molecular weight excluding hydrogens is 182 g/mol. The third-order valence-corrected chi connectivity index (χ3v) is 3.56. The molecule has 0 aromatic carbocycles. The van der Waals surface area contributed by atoms with Crippen LogP contribution >= 0.6 is 0 Å². The first kappa shape index (κ1) is 9.09. The molecule has 0 atom stereocenters. The molecule has 0 amide bonds. The largest absolute Gasteiger partial charge is 0.381 e. The molecule has 3 aliphatic heterocycles. The van der Waals surface area contributed by atoms with Crippen molar-refractivity contribution in [2.75, 3.05) is 39.6 Å². The molecule has 2 spiro atoms. The predicted molar refractivity (Wildman–Crippen MR) is 50.0 cm³/mol. The lowest BCUT2D eigenvalue weighted by atomic mass is 9.84. The minimum Gasteiger partial charge on any atom is -0.381 e. The van der Waals surface area contributed by atoms with E-state index in [0.717, 1.165) is 52.4 Å². The summed E-state index contributed by atoms with van der Waals surface area (Å²) in [7, 11) is 0. The number of rotatable bonds is 0. The van der Waals surface area contributed by atoms with Crippen LogP contribution in [-0.4, -0.2) is 45.3 Å². The van der Waals surface area contributed by atoms with Crippen molar-refractivity contribution < 1.29 is 14.2 Å². The van der Waals surface area contributed by atoms with Crippen LogP contribution in [0.5, 0.6) is 0 Å². The van der Waals surface area contributed by atoms with Crippen LogP contribution in [0.25, 0.3) is 0 Å². The minimum absolute atomic E-state index is 0.0842. The van der Waals surface area contributed by atoms with E-state index in [0.29, 0.717) is 0 Å². The van der Waals surface area contributed by atoms with Gasteiger partial charge in [0.25, 0.3) is 0 Å². The van der Waals surface area contributed by atoms with E-state index < -0.39 is 0 Å². The van der Waals surface area contributed by atoms with E-state index >= 15 is 0 Å². The van der Waals surface area contributed by atoms with Crippen LogP contribution < -0.4 is 5.32 Å². The summed E-state index contributed by atoms with van der Waals surface area (Å²) in [5.41, 5.74) is 0.197. The average molecular weight is 199 g/mol. The van der Waals surface area contributed by atoms with Crippen LogP contribution in [0.15, 0.2) is 0 Å². The first-order valence-corrected chi connectivity index (χ1v) is 5.37. The highest BCUT2D eigenvalue weighted by Crippen LogP contribution is 2.35. The number of hydrogen-bond donors (Lipinski definition) is 1. The van der Waals surface area contributed by atoms with Crippen molar-refractivity contribution in [2.24, 2.45) is 5.41 Å². The van der Waals surface area contributed by atoms with E-state index in [-0.39, 0.29) is 11.1 Å². The molecular formula is C10H17NO3. The normalized spacial score (nSPS) is 34.3. The van der Waals surface area contributed by atoms with Crippen molar-refractivity contribution >= 4 is 0 Å². The van der Waals surface area contributed by atoms with Gasteiger partial charge in [-0.3, -0.25) is 5.32 Å². The van der Waals surface area contributed by atoms with E-state index in [4.69, 9.17) is 14.2 Å². The molecule has 0 saturated carbocycles. The maximum absolute atomic E-state index is 5.99. The van der Waals surface area contributed by atoms with Crippen LogP contribution in [0.4, 0.5) is 0 Å². The van der Waals surface area contributed by atoms with Crippen LogP contribution in [-0.2, 0) is 14.2 Å². The highest BCUT2D eigenvalue weighted by molar-refractivity contribution is 4.96. The maximum Gasteiger partial charge on any atom is 0.123 e. The second-order valence-corrected chi connectivity index (χ2v) is 4.74. The zero-order valence-electron chi connectivity index (χ0n) is 8.38. The molecule has 0 aromatic rings. The van der Waals surface area contributed by atoms with Crippen molar-refractivity contribution in [1.82, 2.24) is 5.32 Å². The third kappa shape index (κ3) is 1.37. The Morgan fingerprint density at radius 1 is 0.929 bits per heavy atom. The fourth-order valence-corrected chi connectivity index (χ4v) is 2.34. The average Bonchev–Trinajstić information content (AvgIpc) is 2.18. The minimum atomic E-state index is -0.0842. The molecule has 3 heterocycles. The van der Waals surface area contributed by atoms with E-state index in [1.807, 2.05) is 0 Å². The molecule has 0 radical (unpaired) electrons. The van der Waals surface area contributed by atoms with Gasteiger partial charge in [-0.25, -0.2) is 0 Å². The van der Waals surface area contributed by atoms with Crippen molar-refractivity contribution in [1.29, 1.82) is 0 Å². The predicted octanol–water partition coefficient (Wildman–Crippen LogP) is 0.129. The molecule has 0 unspecified atom stereocenters. The van der Waals surface area contributed by atoms with Crippen LogP contribution in [0, 0.1) is 5.41 Å². The monoisotopic (exact) mass is 199 g/mol. The Labute approximate surface area is 83.9 Å². The first-order valence-electron chi connectivity index (χ1n) is 5.37. The molecule has 0 aliphatic carbocycles. The summed E-state index contributed by atoms with van der Waals surface area (Å²) in [6.45, 7) is 5.22. The molecule has 3 saturated heterocycles. The SMILES string of the molecule is C1CC2(CCO1)NCC1(COC1)CO2. The zero-order chi connectivity index (χ0) is 9.49. The van der Waals surface area contributed by atoms with Crippen molar-refractivity contribution in [2.45, 2.75) is 18.6 Å². The van der Waals surface area contributed by atoms with Gasteiger partial charge in [0.1, 0.15) is 5.72 Å². The molecule has 3 aliphatic rings. The van der Waals surface area contributed by atoms with Gasteiger partial charge < -0.3 is 14.2 Å². The Morgan fingerprint density at radius 3 is 2.21 bits per heavy atom. The van der Waals surface area contributed by atoms with Crippen LogP contribution in [0.1, 0.15) is 12.8 Å².